The van der Waals surface area contributed by atoms with Gasteiger partial charge in [-0.25, -0.2) is 0 Å². The van der Waals surface area contributed by atoms with E-state index in [0.29, 0.717) is 31.0 Å². The number of benzene rings is 2. The van der Waals surface area contributed by atoms with Crippen molar-refractivity contribution in [2.45, 2.75) is 6.54 Å². The zero-order valence-electron chi connectivity index (χ0n) is 16.3. The molecular weight excluding hydrogens is 368 g/mol. The van der Waals surface area contributed by atoms with Crippen LogP contribution in [0.15, 0.2) is 77.4 Å². The molecule has 0 aliphatic heterocycles. The number of ether oxygens (including phenoxy) is 1. The summed E-state index contributed by atoms with van der Waals surface area (Å²) in [6, 6.07) is 20.8. The Bertz CT molecular complexity index is 906. The number of hydrogen-bond acceptors (Lipinski definition) is 4. The molecule has 0 atom stereocenters. The second kappa shape index (κ2) is 10.2. The van der Waals surface area contributed by atoms with Crippen LogP contribution in [0.1, 0.15) is 16.1 Å². The van der Waals surface area contributed by atoms with Crippen LogP contribution in [0.3, 0.4) is 0 Å². The molecule has 29 heavy (non-hydrogen) atoms. The quantitative estimate of drug-likeness (QED) is 0.606. The van der Waals surface area contributed by atoms with E-state index in [9.17, 15) is 9.59 Å². The van der Waals surface area contributed by atoms with Crippen molar-refractivity contribution >= 4 is 11.8 Å². The number of hydrogen-bond donors (Lipinski definition) is 1. The van der Waals surface area contributed by atoms with Gasteiger partial charge in [0.25, 0.3) is 5.91 Å². The molecule has 6 heteroatoms. The molecular formula is C23H24N2O4. The van der Waals surface area contributed by atoms with E-state index in [1.54, 1.807) is 42.5 Å². The van der Waals surface area contributed by atoms with Crippen molar-refractivity contribution in [2.75, 3.05) is 26.8 Å². The van der Waals surface area contributed by atoms with Crippen LogP contribution in [0.4, 0.5) is 0 Å². The molecule has 150 valence electrons. The first kappa shape index (κ1) is 20.4. The van der Waals surface area contributed by atoms with Crippen LogP contribution in [0.2, 0.25) is 0 Å². The van der Waals surface area contributed by atoms with Crippen LogP contribution < -0.4 is 5.32 Å². The number of methoxy groups -OCH3 is 1. The second-order valence-corrected chi connectivity index (χ2v) is 6.51. The van der Waals surface area contributed by atoms with Gasteiger partial charge in [-0.2, -0.15) is 0 Å². The first-order valence-electron chi connectivity index (χ1n) is 9.40. The number of carbonyl (C=O) groups excluding carboxylic acids is 2. The number of carbonyl (C=O) groups is 2. The van der Waals surface area contributed by atoms with Crippen LogP contribution in [-0.4, -0.2) is 43.5 Å². The van der Waals surface area contributed by atoms with Crippen molar-refractivity contribution in [2.24, 2.45) is 0 Å². The fourth-order valence-corrected chi connectivity index (χ4v) is 2.90. The summed E-state index contributed by atoms with van der Waals surface area (Å²) in [7, 11) is 1.58. The molecule has 2 aromatic carbocycles. The van der Waals surface area contributed by atoms with Crippen LogP contribution in [-0.2, 0) is 16.1 Å². The second-order valence-electron chi connectivity index (χ2n) is 6.51. The summed E-state index contributed by atoms with van der Waals surface area (Å²) in [5.41, 5.74) is 2.62. The van der Waals surface area contributed by atoms with E-state index in [4.69, 9.17) is 9.15 Å². The first-order chi connectivity index (χ1) is 14.2. The van der Waals surface area contributed by atoms with Crippen molar-refractivity contribution in [3.63, 3.8) is 0 Å². The summed E-state index contributed by atoms with van der Waals surface area (Å²) in [6.45, 7) is 1.06. The Hall–Kier alpha value is -3.38. The van der Waals surface area contributed by atoms with Crippen LogP contribution in [0, 0.1) is 0 Å². The van der Waals surface area contributed by atoms with E-state index in [2.05, 4.69) is 5.32 Å². The van der Waals surface area contributed by atoms with Crippen LogP contribution in [0.25, 0.3) is 11.1 Å². The topological polar surface area (TPSA) is 71.8 Å². The molecule has 0 saturated carbocycles. The molecule has 0 unspecified atom stereocenters. The molecule has 1 N–H and O–H groups in total. The highest BCUT2D eigenvalue weighted by atomic mass is 16.5. The van der Waals surface area contributed by atoms with Gasteiger partial charge in [0.05, 0.1) is 26.0 Å². The standard InChI is InChI=1S/C23H24N2O4/c1-28-15-13-25(17-21-8-5-14-29-21)22(26)16-24-23(27)20-11-9-19(10-12-20)18-6-3-2-4-7-18/h2-12,14H,13,15-17H2,1H3,(H,24,27). The van der Waals surface area contributed by atoms with Gasteiger partial charge in [0.15, 0.2) is 0 Å². The summed E-state index contributed by atoms with van der Waals surface area (Å²) in [6.07, 6.45) is 1.56. The summed E-state index contributed by atoms with van der Waals surface area (Å²) in [4.78, 5) is 26.6. The molecule has 0 aliphatic carbocycles. The lowest BCUT2D eigenvalue weighted by molar-refractivity contribution is -0.131. The van der Waals surface area contributed by atoms with Gasteiger partial charge in [-0.3, -0.25) is 9.59 Å². The predicted molar refractivity (Wildman–Crippen MR) is 110 cm³/mol. The molecule has 0 radical (unpaired) electrons. The maximum atomic E-state index is 12.6. The highest BCUT2D eigenvalue weighted by molar-refractivity contribution is 5.96. The monoisotopic (exact) mass is 392 g/mol. The van der Waals surface area contributed by atoms with E-state index < -0.39 is 0 Å². The number of nitrogens with one attached hydrogen (secondary N) is 1. The van der Waals surface area contributed by atoms with Crippen molar-refractivity contribution < 1.29 is 18.7 Å². The van der Waals surface area contributed by atoms with E-state index in [1.165, 1.54) is 0 Å². The Morgan fingerprint density at radius 1 is 0.966 bits per heavy atom. The normalized spacial score (nSPS) is 10.5. The molecule has 0 aliphatic rings. The maximum Gasteiger partial charge on any atom is 0.251 e. The molecule has 2 amide bonds. The Balaban J connectivity index is 1.57. The minimum atomic E-state index is -0.289. The zero-order valence-corrected chi connectivity index (χ0v) is 16.3. The van der Waals surface area contributed by atoms with Crippen LogP contribution >= 0.6 is 0 Å². The lowest BCUT2D eigenvalue weighted by Gasteiger charge is -2.21. The smallest absolute Gasteiger partial charge is 0.251 e. The van der Waals surface area contributed by atoms with Crippen LogP contribution in [0.5, 0.6) is 0 Å². The maximum absolute atomic E-state index is 12.6. The van der Waals surface area contributed by atoms with E-state index >= 15 is 0 Å². The van der Waals surface area contributed by atoms with Crippen molar-refractivity contribution in [3.8, 4) is 11.1 Å². The fraction of sp³-hybridized carbons (Fsp3) is 0.217. The minimum Gasteiger partial charge on any atom is -0.467 e. The van der Waals surface area contributed by atoms with Gasteiger partial charge in [-0.15, -0.1) is 0 Å². The number of rotatable bonds is 9. The van der Waals surface area contributed by atoms with Crippen molar-refractivity contribution in [1.82, 2.24) is 10.2 Å². The Labute approximate surface area is 170 Å². The average molecular weight is 392 g/mol. The third-order valence-corrected chi connectivity index (χ3v) is 4.50. The summed E-state index contributed by atoms with van der Waals surface area (Å²) in [5, 5.41) is 2.69. The largest absolute Gasteiger partial charge is 0.467 e. The molecule has 1 heterocycles. The molecule has 0 fully saturated rings. The van der Waals surface area contributed by atoms with E-state index in [1.807, 2.05) is 42.5 Å². The predicted octanol–water partition coefficient (Wildman–Crippen LogP) is 3.35. The number of furan rings is 1. The SMILES string of the molecule is COCCN(Cc1ccco1)C(=O)CNC(=O)c1ccc(-c2ccccc2)cc1. The summed E-state index contributed by atoms with van der Waals surface area (Å²) < 4.78 is 10.4. The van der Waals surface area contributed by atoms with E-state index in [0.717, 1.165) is 11.1 Å². The Morgan fingerprint density at radius 3 is 2.34 bits per heavy atom. The molecule has 3 aromatic rings. The third-order valence-electron chi connectivity index (χ3n) is 4.50. The van der Waals surface area contributed by atoms with Gasteiger partial charge in [0.2, 0.25) is 5.91 Å². The van der Waals surface area contributed by atoms with Gasteiger partial charge >= 0.3 is 0 Å². The Kier molecular flexibility index (Phi) is 7.19. The average Bonchev–Trinajstić information content (AvgIpc) is 3.28. The summed E-state index contributed by atoms with van der Waals surface area (Å²) in [5.74, 6) is 0.188. The van der Waals surface area contributed by atoms with Gasteiger partial charge in [-0.05, 0) is 35.4 Å². The Morgan fingerprint density at radius 2 is 1.69 bits per heavy atom. The molecule has 0 saturated heterocycles. The molecule has 0 bridgehead atoms. The van der Waals surface area contributed by atoms with Gasteiger partial charge < -0.3 is 19.4 Å². The van der Waals surface area contributed by atoms with Gasteiger partial charge in [0.1, 0.15) is 5.76 Å². The fourth-order valence-electron chi connectivity index (χ4n) is 2.90. The summed E-state index contributed by atoms with van der Waals surface area (Å²) >= 11 is 0. The molecule has 6 nitrogen and oxygen atoms in total. The lowest BCUT2D eigenvalue weighted by Crippen LogP contribution is -2.41. The molecule has 3 rings (SSSR count). The van der Waals surface area contributed by atoms with Crippen molar-refractivity contribution in [3.05, 3.63) is 84.3 Å². The highest BCUT2D eigenvalue weighted by Gasteiger charge is 2.16. The third kappa shape index (κ3) is 5.80. The zero-order chi connectivity index (χ0) is 20.5. The van der Waals surface area contributed by atoms with Gasteiger partial charge in [-0.1, -0.05) is 42.5 Å². The minimum absolute atomic E-state index is 0.0936. The first-order valence-corrected chi connectivity index (χ1v) is 9.40. The highest BCUT2D eigenvalue weighted by Crippen LogP contribution is 2.19. The lowest BCUT2D eigenvalue weighted by atomic mass is 10.0. The number of nitrogens with zero attached hydrogens (tertiary/aromatic N) is 1. The molecule has 1 aromatic heterocycles. The molecule has 0 spiro atoms. The van der Waals surface area contributed by atoms with Gasteiger partial charge in [0, 0.05) is 19.2 Å². The number of amides is 2. The van der Waals surface area contributed by atoms with E-state index in [-0.39, 0.29) is 18.4 Å². The van der Waals surface area contributed by atoms with Crippen molar-refractivity contribution in [1.29, 1.82) is 0 Å².